The van der Waals surface area contributed by atoms with Gasteiger partial charge in [0.1, 0.15) is 5.69 Å². The third-order valence-electron chi connectivity index (χ3n) is 2.59. The van der Waals surface area contributed by atoms with E-state index in [1.807, 2.05) is 0 Å². The lowest BCUT2D eigenvalue weighted by atomic mass is 10.1. The number of aromatic nitrogens is 3. The van der Waals surface area contributed by atoms with Crippen LogP contribution in [0.4, 0.5) is 0 Å². The number of hydrogen-bond donors (Lipinski definition) is 2. The molecule has 98 valence electrons. The molecule has 7 nitrogen and oxygen atoms in total. The van der Waals surface area contributed by atoms with E-state index in [9.17, 15) is 14.4 Å². The summed E-state index contributed by atoms with van der Waals surface area (Å²) in [5.41, 5.74) is -0.0325. The number of hydrogen-bond acceptors (Lipinski definition) is 4. The van der Waals surface area contributed by atoms with Crippen LogP contribution in [0.15, 0.2) is 33.9 Å². The molecule has 0 aliphatic carbocycles. The number of aromatic amines is 1. The maximum atomic E-state index is 11.5. The Kier molecular flexibility index (Phi) is 3.28. The third kappa shape index (κ3) is 2.76. The van der Waals surface area contributed by atoms with Crippen LogP contribution in [0.5, 0.6) is 0 Å². The highest BCUT2D eigenvalue weighted by molar-refractivity contribution is 5.87. The molecule has 0 aliphatic heterocycles. The van der Waals surface area contributed by atoms with E-state index in [4.69, 9.17) is 5.11 Å². The van der Waals surface area contributed by atoms with Crippen LogP contribution in [0.2, 0.25) is 0 Å². The zero-order valence-electron chi connectivity index (χ0n) is 10.1. The summed E-state index contributed by atoms with van der Waals surface area (Å²) in [7, 11) is 0. The Labute approximate surface area is 107 Å². The fraction of sp³-hybridized carbons (Fsp3) is 0.167. The van der Waals surface area contributed by atoms with Gasteiger partial charge in [-0.1, -0.05) is 12.1 Å². The van der Waals surface area contributed by atoms with Gasteiger partial charge in [0, 0.05) is 0 Å². The van der Waals surface area contributed by atoms with Crippen LogP contribution in [0.1, 0.15) is 21.6 Å². The summed E-state index contributed by atoms with van der Waals surface area (Å²) in [6.45, 7) is 1.67. The molecule has 1 heterocycles. The molecule has 0 saturated carbocycles. The van der Waals surface area contributed by atoms with Gasteiger partial charge in [-0.25, -0.2) is 14.3 Å². The highest BCUT2D eigenvalue weighted by Crippen LogP contribution is 2.05. The zero-order chi connectivity index (χ0) is 14.0. The molecule has 0 atom stereocenters. The summed E-state index contributed by atoms with van der Waals surface area (Å²) >= 11 is 0. The molecule has 0 aliphatic rings. The first kappa shape index (κ1) is 12.7. The fourth-order valence-electron chi connectivity index (χ4n) is 1.56. The molecule has 0 saturated heterocycles. The molecule has 0 unspecified atom stereocenters. The maximum Gasteiger partial charge on any atom is 0.345 e. The molecule has 0 bridgehead atoms. The maximum absolute atomic E-state index is 11.5. The van der Waals surface area contributed by atoms with Crippen LogP contribution in [0.25, 0.3) is 0 Å². The Hall–Kier alpha value is -2.70. The zero-order valence-corrected chi connectivity index (χ0v) is 10.1. The molecule has 19 heavy (non-hydrogen) atoms. The van der Waals surface area contributed by atoms with Gasteiger partial charge in [-0.3, -0.25) is 9.78 Å². The number of nitrogens with one attached hydrogen (secondary N) is 1. The fourth-order valence-corrected chi connectivity index (χ4v) is 1.56. The van der Waals surface area contributed by atoms with E-state index in [0.29, 0.717) is 5.56 Å². The van der Waals surface area contributed by atoms with Crippen molar-refractivity contribution < 1.29 is 9.90 Å². The smallest absolute Gasteiger partial charge is 0.345 e. The predicted octanol–water partition coefficient (Wildman–Crippen LogP) is -0.0135. The van der Waals surface area contributed by atoms with Gasteiger partial charge < -0.3 is 5.11 Å². The van der Waals surface area contributed by atoms with Gasteiger partial charge in [0.05, 0.1) is 12.1 Å². The minimum absolute atomic E-state index is 0.163. The van der Waals surface area contributed by atoms with Crippen molar-refractivity contribution in [1.29, 1.82) is 0 Å². The Morgan fingerprint density at radius 3 is 2.53 bits per heavy atom. The van der Waals surface area contributed by atoms with E-state index in [-0.39, 0.29) is 17.8 Å². The topological polar surface area (TPSA) is 105 Å². The van der Waals surface area contributed by atoms with Gasteiger partial charge in [0.15, 0.2) is 0 Å². The monoisotopic (exact) mass is 261 g/mol. The number of rotatable bonds is 3. The average molecular weight is 261 g/mol. The Balaban J connectivity index is 2.31. The molecular weight excluding hydrogens is 250 g/mol. The molecule has 1 aromatic carbocycles. The van der Waals surface area contributed by atoms with Gasteiger partial charge in [-0.05, 0) is 24.6 Å². The molecule has 0 amide bonds. The van der Waals surface area contributed by atoms with Crippen molar-refractivity contribution in [2.24, 2.45) is 0 Å². The number of aryl methyl sites for hydroxylation is 1. The number of carboxylic acid groups (broad SMARTS) is 1. The standard InChI is InChI=1S/C12H11N3O4/c1-7-10(16)13-12(19)15(14-7)6-8-2-4-9(5-3-8)11(17)18/h2-5H,6H2,1H3,(H,17,18)(H,13,16,19). The Bertz CT molecular complexity index is 728. The van der Waals surface area contributed by atoms with E-state index in [2.05, 4.69) is 10.1 Å². The van der Waals surface area contributed by atoms with Crippen molar-refractivity contribution in [1.82, 2.24) is 14.8 Å². The molecule has 2 aromatic rings. The van der Waals surface area contributed by atoms with Crippen LogP contribution in [0.3, 0.4) is 0 Å². The largest absolute Gasteiger partial charge is 0.478 e. The van der Waals surface area contributed by atoms with E-state index < -0.39 is 17.2 Å². The van der Waals surface area contributed by atoms with Crippen LogP contribution >= 0.6 is 0 Å². The lowest BCUT2D eigenvalue weighted by Crippen LogP contribution is -2.34. The number of benzene rings is 1. The second-order valence-electron chi connectivity index (χ2n) is 4.00. The quantitative estimate of drug-likeness (QED) is 0.808. The summed E-state index contributed by atoms with van der Waals surface area (Å²) in [6.07, 6.45) is 0. The summed E-state index contributed by atoms with van der Waals surface area (Å²) in [5, 5.41) is 12.6. The highest BCUT2D eigenvalue weighted by Gasteiger charge is 2.05. The van der Waals surface area contributed by atoms with Crippen molar-refractivity contribution in [3.8, 4) is 0 Å². The average Bonchev–Trinajstić information content (AvgIpc) is 2.36. The highest BCUT2D eigenvalue weighted by atomic mass is 16.4. The number of nitrogens with zero attached hydrogens (tertiary/aromatic N) is 2. The first-order chi connectivity index (χ1) is 8.97. The number of H-pyrrole nitrogens is 1. The van der Waals surface area contributed by atoms with Crippen LogP contribution in [-0.4, -0.2) is 25.8 Å². The molecule has 0 spiro atoms. The van der Waals surface area contributed by atoms with Gasteiger partial charge in [-0.15, -0.1) is 0 Å². The third-order valence-corrected chi connectivity index (χ3v) is 2.59. The first-order valence-electron chi connectivity index (χ1n) is 5.47. The predicted molar refractivity (Wildman–Crippen MR) is 66.4 cm³/mol. The van der Waals surface area contributed by atoms with Crippen molar-refractivity contribution in [2.75, 3.05) is 0 Å². The number of carboxylic acids is 1. The normalized spacial score (nSPS) is 10.4. The second-order valence-corrected chi connectivity index (χ2v) is 4.00. The van der Waals surface area contributed by atoms with Crippen LogP contribution < -0.4 is 11.2 Å². The summed E-state index contributed by atoms with van der Waals surface area (Å²) in [6, 6.07) is 6.08. The van der Waals surface area contributed by atoms with Crippen molar-refractivity contribution in [3.63, 3.8) is 0 Å². The molecule has 0 radical (unpaired) electrons. The Morgan fingerprint density at radius 1 is 1.32 bits per heavy atom. The molecule has 2 N–H and O–H groups in total. The summed E-state index contributed by atoms with van der Waals surface area (Å²) in [5.74, 6) is -1.01. The van der Waals surface area contributed by atoms with Crippen molar-refractivity contribution >= 4 is 5.97 Å². The van der Waals surface area contributed by atoms with E-state index in [0.717, 1.165) is 4.68 Å². The number of aromatic carboxylic acids is 1. The minimum Gasteiger partial charge on any atom is -0.478 e. The molecule has 0 fully saturated rings. The molecular formula is C12H11N3O4. The lowest BCUT2D eigenvalue weighted by molar-refractivity contribution is 0.0697. The van der Waals surface area contributed by atoms with Crippen LogP contribution in [-0.2, 0) is 6.54 Å². The molecule has 2 rings (SSSR count). The lowest BCUT2D eigenvalue weighted by Gasteiger charge is -2.05. The summed E-state index contributed by atoms with van der Waals surface area (Å²) in [4.78, 5) is 35.5. The van der Waals surface area contributed by atoms with Crippen LogP contribution in [0, 0.1) is 6.92 Å². The molecule has 1 aromatic heterocycles. The van der Waals surface area contributed by atoms with E-state index in [1.54, 1.807) is 12.1 Å². The van der Waals surface area contributed by atoms with Crippen molar-refractivity contribution in [3.05, 3.63) is 61.9 Å². The van der Waals surface area contributed by atoms with Gasteiger partial charge >= 0.3 is 11.7 Å². The van der Waals surface area contributed by atoms with Gasteiger partial charge in [-0.2, -0.15) is 5.10 Å². The minimum atomic E-state index is -1.01. The summed E-state index contributed by atoms with van der Waals surface area (Å²) < 4.78 is 1.12. The second kappa shape index (κ2) is 4.89. The SMILES string of the molecule is Cc1nn(Cc2ccc(C(=O)O)cc2)c(=O)[nH]c1=O. The van der Waals surface area contributed by atoms with E-state index >= 15 is 0 Å². The van der Waals surface area contributed by atoms with Gasteiger partial charge in [0.2, 0.25) is 0 Å². The molecule has 7 heteroatoms. The van der Waals surface area contributed by atoms with Crippen molar-refractivity contribution in [2.45, 2.75) is 13.5 Å². The van der Waals surface area contributed by atoms with E-state index in [1.165, 1.54) is 19.1 Å². The van der Waals surface area contributed by atoms with Gasteiger partial charge in [0.25, 0.3) is 5.56 Å². The Morgan fingerprint density at radius 2 is 1.95 bits per heavy atom. The number of carbonyl (C=O) groups is 1. The first-order valence-corrected chi connectivity index (χ1v) is 5.47.